The number of ether oxygens (including phenoxy) is 2. The molecule has 0 unspecified atom stereocenters. The Hall–Kier alpha value is -1.52. The maximum Gasteiger partial charge on any atom is 0.410 e. The summed E-state index contributed by atoms with van der Waals surface area (Å²) >= 11 is 0. The highest BCUT2D eigenvalue weighted by atomic mass is 16.6. The lowest BCUT2D eigenvalue weighted by molar-refractivity contribution is -0.147. The Morgan fingerprint density at radius 1 is 1.50 bits per heavy atom. The van der Waals surface area contributed by atoms with Crippen molar-refractivity contribution in [2.45, 2.75) is 25.8 Å². The first-order valence-electron chi connectivity index (χ1n) is 5.33. The van der Waals surface area contributed by atoms with Crippen LogP contribution in [0.1, 0.15) is 19.8 Å². The molecule has 0 aliphatic carbocycles. The second kappa shape index (κ2) is 6.15. The number of likely N-dealkylation sites (tertiary alicyclic amines) is 1. The minimum Gasteiger partial charge on any atom is -0.460 e. The summed E-state index contributed by atoms with van der Waals surface area (Å²) in [7, 11) is 1.31. The SMILES string of the molecule is C/C=C/COC(=O)[C@H]1CCCN1C(=O)OC. The van der Waals surface area contributed by atoms with Crippen LogP contribution >= 0.6 is 0 Å². The van der Waals surface area contributed by atoms with Crippen molar-refractivity contribution in [3.8, 4) is 0 Å². The third-order valence-electron chi connectivity index (χ3n) is 2.49. The first-order chi connectivity index (χ1) is 7.70. The highest BCUT2D eigenvalue weighted by Crippen LogP contribution is 2.19. The normalized spacial score (nSPS) is 20.1. The van der Waals surface area contributed by atoms with E-state index in [1.54, 1.807) is 12.2 Å². The lowest BCUT2D eigenvalue weighted by Gasteiger charge is -2.21. The molecule has 0 bridgehead atoms. The van der Waals surface area contributed by atoms with Gasteiger partial charge in [-0.25, -0.2) is 9.59 Å². The number of hydrogen-bond acceptors (Lipinski definition) is 4. The van der Waals surface area contributed by atoms with E-state index in [0.29, 0.717) is 13.0 Å². The van der Waals surface area contributed by atoms with Crippen LogP contribution in [-0.4, -0.2) is 43.3 Å². The molecule has 1 heterocycles. The fourth-order valence-corrected chi connectivity index (χ4v) is 1.67. The van der Waals surface area contributed by atoms with Crippen molar-refractivity contribution in [3.63, 3.8) is 0 Å². The second-order valence-electron chi connectivity index (χ2n) is 3.52. The summed E-state index contributed by atoms with van der Waals surface area (Å²) in [4.78, 5) is 24.4. The van der Waals surface area contributed by atoms with Gasteiger partial charge in [-0.1, -0.05) is 12.2 Å². The summed E-state index contributed by atoms with van der Waals surface area (Å²) in [6, 6.07) is -0.488. The van der Waals surface area contributed by atoms with Gasteiger partial charge in [-0.05, 0) is 19.8 Å². The van der Waals surface area contributed by atoms with Crippen LogP contribution in [0.5, 0.6) is 0 Å². The molecule has 1 saturated heterocycles. The molecule has 1 fully saturated rings. The van der Waals surface area contributed by atoms with Crippen molar-refractivity contribution in [1.29, 1.82) is 0 Å². The summed E-state index contributed by atoms with van der Waals surface area (Å²) in [6.07, 6.45) is 4.53. The van der Waals surface area contributed by atoms with Crippen molar-refractivity contribution in [2.24, 2.45) is 0 Å². The number of amides is 1. The molecule has 0 aromatic carbocycles. The van der Waals surface area contributed by atoms with Gasteiger partial charge in [0.05, 0.1) is 7.11 Å². The van der Waals surface area contributed by atoms with Crippen LogP contribution in [0.2, 0.25) is 0 Å². The first kappa shape index (κ1) is 12.5. The van der Waals surface area contributed by atoms with Crippen LogP contribution < -0.4 is 0 Å². The van der Waals surface area contributed by atoms with Gasteiger partial charge in [-0.15, -0.1) is 0 Å². The Morgan fingerprint density at radius 2 is 2.25 bits per heavy atom. The second-order valence-corrected chi connectivity index (χ2v) is 3.52. The average Bonchev–Trinajstić information content (AvgIpc) is 2.77. The summed E-state index contributed by atoms with van der Waals surface area (Å²) in [5.41, 5.74) is 0. The molecule has 0 aromatic rings. The zero-order chi connectivity index (χ0) is 12.0. The molecule has 0 radical (unpaired) electrons. The largest absolute Gasteiger partial charge is 0.460 e. The van der Waals surface area contributed by atoms with E-state index in [2.05, 4.69) is 4.74 Å². The van der Waals surface area contributed by atoms with Crippen molar-refractivity contribution in [1.82, 2.24) is 4.90 Å². The highest BCUT2D eigenvalue weighted by molar-refractivity contribution is 5.82. The lowest BCUT2D eigenvalue weighted by Crippen LogP contribution is -2.41. The molecule has 5 heteroatoms. The van der Waals surface area contributed by atoms with Crippen LogP contribution in [0.25, 0.3) is 0 Å². The van der Waals surface area contributed by atoms with E-state index in [1.165, 1.54) is 12.0 Å². The molecule has 90 valence electrons. The maximum absolute atomic E-state index is 11.6. The van der Waals surface area contributed by atoms with Crippen LogP contribution in [0.4, 0.5) is 4.79 Å². The molecular formula is C11H17NO4. The molecule has 1 atom stereocenters. The summed E-state index contributed by atoms with van der Waals surface area (Å²) in [5, 5.41) is 0. The minimum atomic E-state index is -0.488. The van der Waals surface area contributed by atoms with Gasteiger partial charge in [0.1, 0.15) is 12.6 Å². The van der Waals surface area contributed by atoms with E-state index >= 15 is 0 Å². The molecule has 16 heavy (non-hydrogen) atoms. The average molecular weight is 227 g/mol. The minimum absolute atomic E-state index is 0.251. The molecule has 1 aliphatic rings. The number of carbonyl (C=O) groups excluding carboxylic acids is 2. The van der Waals surface area contributed by atoms with Crippen molar-refractivity contribution in [2.75, 3.05) is 20.3 Å². The van der Waals surface area contributed by atoms with E-state index in [1.807, 2.05) is 6.92 Å². The topological polar surface area (TPSA) is 55.8 Å². The van der Waals surface area contributed by atoms with E-state index in [4.69, 9.17) is 4.74 Å². The predicted octanol–water partition coefficient (Wildman–Crippen LogP) is 1.34. The zero-order valence-corrected chi connectivity index (χ0v) is 9.64. The Bertz CT molecular complexity index is 288. The Balaban J connectivity index is 2.50. The standard InChI is InChI=1S/C11H17NO4/c1-3-4-8-16-10(13)9-6-5-7-12(9)11(14)15-2/h3-4,9H,5-8H2,1-2H3/b4-3+/t9-/m1/s1. The smallest absolute Gasteiger partial charge is 0.410 e. The molecule has 1 aliphatic heterocycles. The summed E-state index contributed by atoms with van der Waals surface area (Å²) in [5.74, 6) is -0.360. The molecule has 5 nitrogen and oxygen atoms in total. The Morgan fingerprint density at radius 3 is 2.88 bits per heavy atom. The maximum atomic E-state index is 11.6. The molecule has 0 aromatic heterocycles. The van der Waals surface area contributed by atoms with Gasteiger partial charge < -0.3 is 9.47 Å². The van der Waals surface area contributed by atoms with Crippen molar-refractivity contribution < 1.29 is 19.1 Å². The highest BCUT2D eigenvalue weighted by Gasteiger charge is 2.35. The summed E-state index contributed by atoms with van der Waals surface area (Å²) < 4.78 is 9.62. The van der Waals surface area contributed by atoms with Crippen molar-refractivity contribution >= 4 is 12.1 Å². The van der Waals surface area contributed by atoms with E-state index < -0.39 is 12.1 Å². The van der Waals surface area contributed by atoms with Gasteiger partial charge in [-0.2, -0.15) is 0 Å². The quantitative estimate of drug-likeness (QED) is 0.539. The number of esters is 1. The molecule has 0 N–H and O–H groups in total. The number of allylic oxidation sites excluding steroid dienone is 1. The number of hydrogen-bond donors (Lipinski definition) is 0. The number of methoxy groups -OCH3 is 1. The van der Waals surface area contributed by atoms with Crippen molar-refractivity contribution in [3.05, 3.63) is 12.2 Å². The molecule has 1 rings (SSSR count). The Kier molecular flexibility index (Phi) is 4.82. The van der Waals surface area contributed by atoms with Gasteiger partial charge >= 0.3 is 12.1 Å². The monoisotopic (exact) mass is 227 g/mol. The fraction of sp³-hybridized carbons (Fsp3) is 0.636. The zero-order valence-electron chi connectivity index (χ0n) is 9.64. The van der Waals surface area contributed by atoms with Crippen LogP contribution in [0.3, 0.4) is 0 Å². The number of nitrogens with zero attached hydrogens (tertiary/aromatic N) is 1. The lowest BCUT2D eigenvalue weighted by atomic mass is 10.2. The number of rotatable bonds is 3. The summed E-state index contributed by atoms with van der Waals surface area (Å²) in [6.45, 7) is 2.65. The van der Waals surface area contributed by atoms with Crippen LogP contribution in [0, 0.1) is 0 Å². The van der Waals surface area contributed by atoms with E-state index in [9.17, 15) is 9.59 Å². The van der Waals surface area contributed by atoms with Gasteiger partial charge in [0.2, 0.25) is 0 Å². The molecule has 0 saturated carbocycles. The van der Waals surface area contributed by atoms with Gasteiger partial charge in [0.25, 0.3) is 0 Å². The third-order valence-corrected chi connectivity index (χ3v) is 2.49. The van der Waals surface area contributed by atoms with Gasteiger partial charge in [0.15, 0.2) is 0 Å². The third kappa shape index (κ3) is 2.98. The van der Waals surface area contributed by atoms with E-state index in [-0.39, 0.29) is 12.6 Å². The Labute approximate surface area is 95.0 Å². The van der Waals surface area contributed by atoms with Crippen LogP contribution in [0.15, 0.2) is 12.2 Å². The van der Waals surface area contributed by atoms with Crippen LogP contribution in [-0.2, 0) is 14.3 Å². The van der Waals surface area contributed by atoms with Gasteiger partial charge in [-0.3, -0.25) is 4.90 Å². The molecular weight excluding hydrogens is 210 g/mol. The fourth-order valence-electron chi connectivity index (χ4n) is 1.67. The van der Waals surface area contributed by atoms with E-state index in [0.717, 1.165) is 6.42 Å². The predicted molar refractivity (Wildman–Crippen MR) is 57.9 cm³/mol. The van der Waals surface area contributed by atoms with Gasteiger partial charge in [0, 0.05) is 6.54 Å². The molecule has 0 spiro atoms. The first-order valence-corrected chi connectivity index (χ1v) is 5.33. The molecule has 1 amide bonds. The number of carbonyl (C=O) groups is 2.